The van der Waals surface area contributed by atoms with Gasteiger partial charge in [0.1, 0.15) is 5.75 Å². The predicted molar refractivity (Wildman–Crippen MR) is 136 cm³/mol. The summed E-state index contributed by atoms with van der Waals surface area (Å²) in [5.41, 5.74) is 2.67. The first-order valence-electron chi connectivity index (χ1n) is 10.5. The fourth-order valence-electron chi connectivity index (χ4n) is 3.91. The number of benzene rings is 2. The molecule has 6 heteroatoms. The Morgan fingerprint density at radius 3 is 2.53 bits per heavy atom. The van der Waals surface area contributed by atoms with Gasteiger partial charge in [-0.3, -0.25) is 4.99 Å². The second-order valence-electron chi connectivity index (χ2n) is 7.82. The van der Waals surface area contributed by atoms with Gasteiger partial charge >= 0.3 is 0 Å². The van der Waals surface area contributed by atoms with Crippen LogP contribution in [-0.2, 0) is 13.0 Å². The van der Waals surface area contributed by atoms with Crippen molar-refractivity contribution in [3.8, 4) is 5.75 Å². The lowest BCUT2D eigenvalue weighted by Gasteiger charge is -2.24. The molecule has 5 nitrogen and oxygen atoms in total. The van der Waals surface area contributed by atoms with Gasteiger partial charge in [0.05, 0.1) is 7.11 Å². The highest BCUT2D eigenvalue weighted by Crippen LogP contribution is 2.16. The van der Waals surface area contributed by atoms with Crippen molar-refractivity contribution in [1.29, 1.82) is 0 Å². The van der Waals surface area contributed by atoms with Gasteiger partial charge in [0.25, 0.3) is 0 Å². The van der Waals surface area contributed by atoms with E-state index in [1.165, 1.54) is 30.6 Å². The summed E-state index contributed by atoms with van der Waals surface area (Å²) >= 11 is 0. The minimum Gasteiger partial charge on any atom is -0.497 e. The number of hydrogen-bond acceptors (Lipinski definition) is 3. The lowest BCUT2D eigenvalue weighted by atomic mass is 10.1. The number of ether oxygens (including phenoxy) is 1. The Morgan fingerprint density at radius 2 is 1.87 bits per heavy atom. The Morgan fingerprint density at radius 1 is 1.13 bits per heavy atom. The predicted octanol–water partition coefficient (Wildman–Crippen LogP) is 3.89. The zero-order valence-corrected chi connectivity index (χ0v) is 20.7. The molecule has 1 N–H and O–H groups in total. The molecule has 1 atom stereocenters. The van der Waals surface area contributed by atoms with E-state index in [9.17, 15) is 0 Å². The highest BCUT2D eigenvalue weighted by molar-refractivity contribution is 14.0. The molecule has 1 aliphatic heterocycles. The van der Waals surface area contributed by atoms with Crippen LogP contribution in [0.5, 0.6) is 5.75 Å². The highest BCUT2D eigenvalue weighted by atomic mass is 127. The second-order valence-corrected chi connectivity index (χ2v) is 7.82. The number of rotatable bonds is 8. The Labute approximate surface area is 198 Å². The number of nitrogens with one attached hydrogen (secondary N) is 1. The van der Waals surface area contributed by atoms with E-state index >= 15 is 0 Å². The minimum atomic E-state index is 0. The first kappa shape index (κ1) is 24.5. The molecule has 2 aromatic carbocycles. The fraction of sp³-hybridized carbons (Fsp3) is 0.458. The molecule has 0 radical (unpaired) electrons. The summed E-state index contributed by atoms with van der Waals surface area (Å²) in [5, 5.41) is 3.57. The standard InChI is InChI=1S/C24H34N4O.HI/c1-25-24(27(2)18-21-9-11-23(29-3)12-10-21)26-17-22-14-16-28(19-22)15-13-20-7-5-4-6-8-20;/h4-12,22H,13-19H2,1-3H3,(H,25,26);1H. The number of aliphatic imine (C=N–C) groups is 1. The maximum Gasteiger partial charge on any atom is 0.193 e. The molecule has 1 unspecified atom stereocenters. The van der Waals surface area contributed by atoms with Crippen molar-refractivity contribution in [2.24, 2.45) is 10.9 Å². The van der Waals surface area contributed by atoms with Crippen LogP contribution >= 0.6 is 24.0 Å². The van der Waals surface area contributed by atoms with Gasteiger partial charge in [-0.05, 0) is 48.6 Å². The average Bonchev–Trinajstić information content (AvgIpc) is 3.22. The van der Waals surface area contributed by atoms with Gasteiger partial charge < -0.3 is 19.9 Å². The van der Waals surface area contributed by atoms with Crippen LogP contribution < -0.4 is 10.1 Å². The van der Waals surface area contributed by atoms with E-state index in [0.717, 1.165) is 37.8 Å². The van der Waals surface area contributed by atoms with Gasteiger partial charge in [-0.1, -0.05) is 42.5 Å². The van der Waals surface area contributed by atoms with Crippen LogP contribution in [0.3, 0.4) is 0 Å². The SMILES string of the molecule is CN=C(NCC1CCN(CCc2ccccc2)C1)N(C)Cc1ccc(OC)cc1.I. The van der Waals surface area contributed by atoms with Crippen molar-refractivity contribution in [2.45, 2.75) is 19.4 Å². The van der Waals surface area contributed by atoms with Crippen molar-refractivity contribution < 1.29 is 4.74 Å². The van der Waals surface area contributed by atoms with Crippen molar-refractivity contribution >= 4 is 29.9 Å². The molecule has 0 spiro atoms. The van der Waals surface area contributed by atoms with Crippen molar-refractivity contribution in [2.75, 3.05) is 47.4 Å². The molecular formula is C24H35IN4O. The number of guanidine groups is 1. The first-order valence-corrected chi connectivity index (χ1v) is 10.5. The number of methoxy groups -OCH3 is 1. The summed E-state index contributed by atoms with van der Waals surface area (Å²) in [5.74, 6) is 2.51. The van der Waals surface area contributed by atoms with E-state index in [4.69, 9.17) is 4.74 Å². The molecule has 30 heavy (non-hydrogen) atoms. The minimum absolute atomic E-state index is 0. The summed E-state index contributed by atoms with van der Waals surface area (Å²) in [7, 11) is 5.63. The molecule has 2 aromatic rings. The maximum atomic E-state index is 5.24. The molecule has 1 fully saturated rings. The molecule has 0 bridgehead atoms. The summed E-state index contributed by atoms with van der Waals surface area (Å²) < 4.78 is 5.24. The van der Waals surface area contributed by atoms with Gasteiger partial charge in [-0.2, -0.15) is 0 Å². The van der Waals surface area contributed by atoms with Crippen LogP contribution in [0.2, 0.25) is 0 Å². The molecule has 3 rings (SSSR count). The Hall–Kier alpha value is -1.80. The Balaban J connectivity index is 0.00000320. The van der Waals surface area contributed by atoms with E-state index < -0.39 is 0 Å². The van der Waals surface area contributed by atoms with Crippen molar-refractivity contribution in [3.05, 3.63) is 65.7 Å². The summed E-state index contributed by atoms with van der Waals surface area (Å²) in [6, 6.07) is 19.0. The van der Waals surface area contributed by atoms with E-state index in [0.29, 0.717) is 5.92 Å². The van der Waals surface area contributed by atoms with Crippen LogP contribution in [0.1, 0.15) is 17.5 Å². The second kappa shape index (κ2) is 12.8. The molecule has 1 aliphatic rings. The summed E-state index contributed by atoms with van der Waals surface area (Å²) in [4.78, 5) is 9.22. The summed E-state index contributed by atoms with van der Waals surface area (Å²) in [6.07, 6.45) is 2.38. The normalized spacial score (nSPS) is 16.8. The van der Waals surface area contributed by atoms with Gasteiger partial charge in [0.15, 0.2) is 5.96 Å². The number of halogens is 1. The molecule has 0 saturated carbocycles. The summed E-state index contributed by atoms with van der Waals surface area (Å²) in [6.45, 7) is 5.30. The van der Waals surface area contributed by atoms with Gasteiger partial charge in [0.2, 0.25) is 0 Å². The smallest absolute Gasteiger partial charge is 0.193 e. The van der Waals surface area contributed by atoms with Crippen LogP contribution in [0.25, 0.3) is 0 Å². The molecule has 1 heterocycles. The van der Waals surface area contributed by atoms with Gasteiger partial charge in [-0.15, -0.1) is 24.0 Å². The van der Waals surface area contributed by atoms with E-state index in [1.807, 2.05) is 19.2 Å². The van der Waals surface area contributed by atoms with Crippen molar-refractivity contribution in [1.82, 2.24) is 15.1 Å². The lowest BCUT2D eigenvalue weighted by Crippen LogP contribution is -2.41. The number of hydrogen-bond donors (Lipinski definition) is 1. The zero-order valence-electron chi connectivity index (χ0n) is 18.4. The van der Waals surface area contributed by atoms with Crippen molar-refractivity contribution in [3.63, 3.8) is 0 Å². The maximum absolute atomic E-state index is 5.24. The van der Waals surface area contributed by atoms with Gasteiger partial charge in [-0.25, -0.2) is 0 Å². The first-order chi connectivity index (χ1) is 14.2. The lowest BCUT2D eigenvalue weighted by molar-refractivity contribution is 0.327. The molecule has 0 aromatic heterocycles. The highest BCUT2D eigenvalue weighted by Gasteiger charge is 2.22. The molecule has 0 aliphatic carbocycles. The van der Waals surface area contributed by atoms with Crippen LogP contribution in [-0.4, -0.2) is 63.1 Å². The molecule has 0 amide bonds. The third kappa shape index (κ3) is 7.47. The number of nitrogens with zero attached hydrogens (tertiary/aromatic N) is 3. The molecule has 1 saturated heterocycles. The Kier molecular flexibility index (Phi) is 10.4. The topological polar surface area (TPSA) is 40.1 Å². The van der Waals surface area contributed by atoms with Crippen LogP contribution in [0, 0.1) is 5.92 Å². The Bertz CT molecular complexity index is 767. The largest absolute Gasteiger partial charge is 0.497 e. The zero-order chi connectivity index (χ0) is 20.5. The fourth-order valence-corrected chi connectivity index (χ4v) is 3.91. The molecule has 164 valence electrons. The molecular weight excluding hydrogens is 487 g/mol. The number of likely N-dealkylation sites (tertiary alicyclic amines) is 1. The van der Waals surface area contributed by atoms with E-state index in [1.54, 1.807) is 7.11 Å². The quantitative estimate of drug-likeness (QED) is 0.325. The third-order valence-corrected chi connectivity index (χ3v) is 5.63. The van der Waals surface area contributed by atoms with Gasteiger partial charge in [0, 0.05) is 40.3 Å². The third-order valence-electron chi connectivity index (χ3n) is 5.63. The van der Waals surface area contributed by atoms with Crippen LogP contribution in [0.15, 0.2) is 59.6 Å². The van der Waals surface area contributed by atoms with E-state index in [-0.39, 0.29) is 24.0 Å². The average molecular weight is 522 g/mol. The monoisotopic (exact) mass is 522 g/mol. The van der Waals surface area contributed by atoms with E-state index in [2.05, 4.69) is 69.6 Å². The van der Waals surface area contributed by atoms with Crippen LogP contribution in [0.4, 0.5) is 0 Å².